The smallest absolute Gasteiger partial charge is 0.303 e. The van der Waals surface area contributed by atoms with E-state index < -0.39 is 5.97 Å². The standard InChI is InChI=1S/C8H15O2/c1-3-4-5-7(2)6-8(9)10/h7H,1,3-6H2,2H3,(H,9,10). The molecule has 0 aromatic heterocycles. The molecule has 0 heterocycles. The Morgan fingerprint density at radius 1 is 1.70 bits per heavy atom. The van der Waals surface area contributed by atoms with Crippen molar-refractivity contribution in [3.8, 4) is 0 Å². The SMILES string of the molecule is [CH2]CCCC(C)CC(=O)O. The second-order valence-electron chi connectivity index (χ2n) is 2.70. The largest absolute Gasteiger partial charge is 0.481 e. The summed E-state index contributed by atoms with van der Waals surface area (Å²) in [6.07, 6.45) is 3.22. The maximum Gasteiger partial charge on any atom is 0.303 e. The molecule has 0 saturated heterocycles. The lowest BCUT2D eigenvalue weighted by Gasteiger charge is -2.05. The van der Waals surface area contributed by atoms with Crippen LogP contribution in [0.15, 0.2) is 0 Å². The van der Waals surface area contributed by atoms with Crippen LogP contribution in [0.5, 0.6) is 0 Å². The molecule has 59 valence electrons. The zero-order valence-electron chi connectivity index (χ0n) is 6.47. The number of hydrogen-bond acceptors (Lipinski definition) is 1. The average molecular weight is 143 g/mol. The number of aliphatic carboxylic acids is 1. The van der Waals surface area contributed by atoms with E-state index in [-0.39, 0.29) is 0 Å². The fourth-order valence-corrected chi connectivity index (χ4v) is 0.893. The Morgan fingerprint density at radius 3 is 2.70 bits per heavy atom. The fraction of sp³-hybridized carbons (Fsp3) is 0.750. The molecule has 0 fully saturated rings. The highest BCUT2D eigenvalue weighted by Gasteiger charge is 2.05. The number of carboxylic acids is 1. The molecule has 0 amide bonds. The van der Waals surface area contributed by atoms with Crippen molar-refractivity contribution in [3.63, 3.8) is 0 Å². The van der Waals surface area contributed by atoms with Crippen LogP contribution in [0.1, 0.15) is 32.6 Å². The zero-order valence-corrected chi connectivity index (χ0v) is 6.47. The van der Waals surface area contributed by atoms with Crippen molar-refractivity contribution < 1.29 is 9.90 Å². The van der Waals surface area contributed by atoms with Crippen LogP contribution in [0.2, 0.25) is 0 Å². The predicted molar refractivity (Wildman–Crippen MR) is 40.6 cm³/mol. The fourth-order valence-electron chi connectivity index (χ4n) is 0.893. The third kappa shape index (κ3) is 5.60. The third-order valence-electron chi connectivity index (χ3n) is 1.47. The molecule has 1 atom stereocenters. The lowest BCUT2D eigenvalue weighted by molar-refractivity contribution is -0.138. The molecule has 0 aliphatic heterocycles. The lowest BCUT2D eigenvalue weighted by atomic mass is 10.0. The van der Waals surface area contributed by atoms with Crippen molar-refractivity contribution in [2.24, 2.45) is 5.92 Å². The highest BCUT2D eigenvalue weighted by atomic mass is 16.4. The summed E-state index contributed by atoms with van der Waals surface area (Å²) in [7, 11) is 0. The molecule has 1 unspecified atom stereocenters. The highest BCUT2D eigenvalue weighted by molar-refractivity contribution is 5.66. The van der Waals surface area contributed by atoms with Gasteiger partial charge < -0.3 is 5.11 Å². The molecule has 1 N–H and O–H groups in total. The summed E-state index contributed by atoms with van der Waals surface area (Å²) in [5.41, 5.74) is 0. The van der Waals surface area contributed by atoms with Crippen molar-refractivity contribution in [3.05, 3.63) is 6.92 Å². The average Bonchev–Trinajstić information content (AvgIpc) is 1.82. The van der Waals surface area contributed by atoms with Gasteiger partial charge in [-0.3, -0.25) is 4.79 Å². The van der Waals surface area contributed by atoms with E-state index in [1.165, 1.54) is 0 Å². The molecule has 2 heteroatoms. The van der Waals surface area contributed by atoms with E-state index >= 15 is 0 Å². The second-order valence-corrected chi connectivity index (χ2v) is 2.70. The van der Waals surface area contributed by atoms with Crippen molar-refractivity contribution in [1.29, 1.82) is 0 Å². The molecule has 0 saturated carbocycles. The quantitative estimate of drug-likeness (QED) is 0.640. The predicted octanol–water partition coefficient (Wildman–Crippen LogP) is 2.10. The minimum Gasteiger partial charge on any atom is -0.481 e. The van der Waals surface area contributed by atoms with Gasteiger partial charge in [0.05, 0.1) is 0 Å². The van der Waals surface area contributed by atoms with Crippen LogP contribution in [-0.4, -0.2) is 11.1 Å². The molecule has 0 rings (SSSR count). The Labute approximate surface area is 62.2 Å². The van der Waals surface area contributed by atoms with Gasteiger partial charge in [-0.05, 0) is 5.92 Å². The van der Waals surface area contributed by atoms with Crippen LogP contribution in [0.4, 0.5) is 0 Å². The van der Waals surface area contributed by atoms with Gasteiger partial charge >= 0.3 is 5.97 Å². The molecule has 0 aromatic carbocycles. The molecule has 0 bridgehead atoms. The topological polar surface area (TPSA) is 37.3 Å². The molecular formula is C8H15O2. The van der Waals surface area contributed by atoms with Crippen molar-refractivity contribution in [2.45, 2.75) is 32.6 Å². The van der Waals surface area contributed by atoms with Gasteiger partial charge in [0, 0.05) is 6.42 Å². The van der Waals surface area contributed by atoms with Gasteiger partial charge in [0.15, 0.2) is 0 Å². The summed E-state index contributed by atoms with van der Waals surface area (Å²) in [4.78, 5) is 10.2. The van der Waals surface area contributed by atoms with E-state index in [1.54, 1.807) is 0 Å². The Kier molecular flexibility index (Phi) is 4.99. The summed E-state index contributed by atoms with van der Waals surface area (Å²) in [6.45, 7) is 5.65. The summed E-state index contributed by atoms with van der Waals surface area (Å²) in [5, 5.41) is 8.37. The first kappa shape index (κ1) is 9.47. The zero-order chi connectivity index (χ0) is 7.98. The minimum absolute atomic E-state index is 0.292. The first-order chi connectivity index (χ1) is 4.66. The first-order valence-electron chi connectivity index (χ1n) is 3.68. The number of unbranched alkanes of at least 4 members (excludes halogenated alkanes) is 1. The van der Waals surface area contributed by atoms with Gasteiger partial charge in [0.25, 0.3) is 0 Å². The summed E-state index contributed by atoms with van der Waals surface area (Å²) >= 11 is 0. The summed E-state index contributed by atoms with van der Waals surface area (Å²) in [5.74, 6) is -0.393. The van der Waals surface area contributed by atoms with Gasteiger partial charge in [0.2, 0.25) is 0 Å². The van der Waals surface area contributed by atoms with Gasteiger partial charge in [-0.2, -0.15) is 0 Å². The van der Waals surface area contributed by atoms with Gasteiger partial charge in [-0.15, -0.1) is 0 Å². The number of carboxylic acid groups (broad SMARTS) is 1. The summed E-state index contributed by atoms with van der Waals surface area (Å²) < 4.78 is 0. The molecule has 1 radical (unpaired) electrons. The van der Waals surface area contributed by atoms with E-state index in [1.807, 2.05) is 6.92 Å². The van der Waals surface area contributed by atoms with Crippen LogP contribution >= 0.6 is 0 Å². The molecule has 0 aliphatic carbocycles. The van der Waals surface area contributed by atoms with Crippen LogP contribution in [0, 0.1) is 12.8 Å². The number of rotatable bonds is 5. The monoisotopic (exact) mass is 143 g/mol. The maximum atomic E-state index is 10.2. The van der Waals surface area contributed by atoms with Crippen molar-refractivity contribution in [2.75, 3.05) is 0 Å². The van der Waals surface area contributed by atoms with Crippen LogP contribution in [0.3, 0.4) is 0 Å². The molecule has 0 aliphatic rings. The number of carbonyl (C=O) groups is 1. The lowest BCUT2D eigenvalue weighted by Crippen LogP contribution is -2.03. The van der Waals surface area contributed by atoms with Gasteiger partial charge in [-0.25, -0.2) is 0 Å². The van der Waals surface area contributed by atoms with Gasteiger partial charge in [-0.1, -0.05) is 33.1 Å². The third-order valence-corrected chi connectivity index (χ3v) is 1.47. The molecule has 10 heavy (non-hydrogen) atoms. The van der Waals surface area contributed by atoms with E-state index in [4.69, 9.17) is 5.11 Å². The van der Waals surface area contributed by atoms with Crippen molar-refractivity contribution in [1.82, 2.24) is 0 Å². The van der Waals surface area contributed by atoms with Crippen LogP contribution in [-0.2, 0) is 4.79 Å². The summed E-state index contributed by atoms with van der Waals surface area (Å²) in [6, 6.07) is 0. The Balaban J connectivity index is 3.25. The Morgan fingerprint density at radius 2 is 2.30 bits per heavy atom. The first-order valence-corrected chi connectivity index (χ1v) is 3.68. The highest BCUT2D eigenvalue weighted by Crippen LogP contribution is 2.10. The minimum atomic E-state index is -0.698. The van der Waals surface area contributed by atoms with Gasteiger partial charge in [0.1, 0.15) is 0 Å². The number of hydrogen-bond donors (Lipinski definition) is 1. The van der Waals surface area contributed by atoms with E-state index in [0.717, 1.165) is 19.3 Å². The molecule has 0 spiro atoms. The Bertz CT molecular complexity index is 99.4. The molecule has 2 nitrogen and oxygen atoms in total. The molecule has 0 aromatic rings. The van der Waals surface area contributed by atoms with E-state index in [2.05, 4.69) is 6.92 Å². The molecular weight excluding hydrogens is 128 g/mol. The van der Waals surface area contributed by atoms with Crippen molar-refractivity contribution >= 4 is 5.97 Å². The Hall–Kier alpha value is -0.530. The normalized spacial score (nSPS) is 13.0. The van der Waals surface area contributed by atoms with Crippen LogP contribution in [0.25, 0.3) is 0 Å². The van der Waals surface area contributed by atoms with E-state index in [9.17, 15) is 4.79 Å². The van der Waals surface area contributed by atoms with Crippen LogP contribution < -0.4 is 0 Å². The van der Waals surface area contributed by atoms with E-state index in [0.29, 0.717) is 12.3 Å². The second kappa shape index (κ2) is 5.27. The maximum absolute atomic E-state index is 10.2.